The van der Waals surface area contributed by atoms with E-state index in [4.69, 9.17) is 29.1 Å². The molecule has 0 atom stereocenters. The lowest BCUT2D eigenvalue weighted by Gasteiger charge is -2.02. The summed E-state index contributed by atoms with van der Waals surface area (Å²) in [6.07, 6.45) is 1.81. The molecule has 1 aromatic rings. The molecule has 0 aromatic carbocycles. The summed E-state index contributed by atoms with van der Waals surface area (Å²) >= 11 is 11.5. The summed E-state index contributed by atoms with van der Waals surface area (Å²) < 4.78 is 0. The molecular formula is C6H7Cl2N3O. The number of hydrogen-bond donors (Lipinski definition) is 1. The fourth-order valence-corrected chi connectivity index (χ4v) is 1.24. The molecule has 0 amide bonds. The Kier molecular flexibility index (Phi) is 3.68. The molecular weight excluding hydrogens is 201 g/mol. The summed E-state index contributed by atoms with van der Waals surface area (Å²) in [4.78, 5) is 11.9. The maximum atomic E-state index is 5.73. The minimum Gasteiger partial charge on any atom is -0.304 e. The van der Waals surface area contributed by atoms with Crippen LogP contribution in [0, 0.1) is 0 Å². The van der Waals surface area contributed by atoms with Crippen molar-refractivity contribution in [2.24, 2.45) is 5.90 Å². The van der Waals surface area contributed by atoms with Gasteiger partial charge in [0.2, 0.25) is 0 Å². The normalized spacial score (nSPS) is 10.2. The van der Waals surface area contributed by atoms with Gasteiger partial charge in [0.15, 0.2) is 0 Å². The predicted molar refractivity (Wildman–Crippen MR) is 45.9 cm³/mol. The van der Waals surface area contributed by atoms with Crippen molar-refractivity contribution < 1.29 is 4.84 Å². The topological polar surface area (TPSA) is 61.0 Å². The van der Waals surface area contributed by atoms with Gasteiger partial charge in [0.25, 0.3) is 0 Å². The summed E-state index contributed by atoms with van der Waals surface area (Å²) in [5.74, 6) is 4.85. The lowest BCUT2D eigenvalue weighted by molar-refractivity contribution is 0.141. The number of rotatable bonds is 3. The molecule has 2 N–H and O–H groups in total. The molecule has 1 aromatic heterocycles. The molecule has 0 fully saturated rings. The van der Waals surface area contributed by atoms with Crippen LogP contribution in [0.4, 0.5) is 0 Å². The van der Waals surface area contributed by atoms with Gasteiger partial charge in [-0.2, -0.15) is 0 Å². The Hall–Kier alpha value is -0.420. The molecule has 0 spiro atoms. The third kappa shape index (κ3) is 2.28. The predicted octanol–water partition coefficient (Wildman–Crippen LogP) is 1.22. The third-order valence-corrected chi connectivity index (χ3v) is 1.96. The van der Waals surface area contributed by atoms with Crippen molar-refractivity contribution in [2.45, 2.75) is 6.42 Å². The highest BCUT2D eigenvalue weighted by molar-refractivity contribution is 6.34. The highest BCUT2D eigenvalue weighted by atomic mass is 35.5. The van der Waals surface area contributed by atoms with Crippen LogP contribution in [-0.4, -0.2) is 16.6 Å². The zero-order valence-corrected chi connectivity index (χ0v) is 7.64. The second-order valence-electron chi connectivity index (χ2n) is 2.05. The van der Waals surface area contributed by atoms with Gasteiger partial charge in [0.05, 0.1) is 6.61 Å². The van der Waals surface area contributed by atoms with Crippen LogP contribution in [0.3, 0.4) is 0 Å². The molecule has 12 heavy (non-hydrogen) atoms. The van der Waals surface area contributed by atoms with Gasteiger partial charge < -0.3 is 4.84 Å². The number of halogens is 2. The van der Waals surface area contributed by atoms with Gasteiger partial charge in [0, 0.05) is 12.0 Å². The zero-order chi connectivity index (χ0) is 8.97. The van der Waals surface area contributed by atoms with Crippen molar-refractivity contribution in [2.75, 3.05) is 6.61 Å². The third-order valence-electron chi connectivity index (χ3n) is 1.31. The summed E-state index contributed by atoms with van der Waals surface area (Å²) in [5.41, 5.74) is 0.659. The average Bonchev–Trinajstić information content (AvgIpc) is 2.04. The summed E-state index contributed by atoms with van der Waals surface area (Å²) in [7, 11) is 0. The minimum atomic E-state index is 0.340. The first-order valence-electron chi connectivity index (χ1n) is 3.22. The minimum absolute atomic E-state index is 0.340. The zero-order valence-electron chi connectivity index (χ0n) is 6.13. The first-order valence-corrected chi connectivity index (χ1v) is 3.98. The van der Waals surface area contributed by atoms with E-state index in [0.717, 1.165) is 0 Å². The molecule has 1 heterocycles. The number of nitrogens with two attached hydrogens (primary N) is 1. The second kappa shape index (κ2) is 4.57. The molecule has 0 saturated heterocycles. The molecule has 1 rings (SSSR count). The smallest absolute Gasteiger partial charge is 0.137 e. The van der Waals surface area contributed by atoms with Crippen molar-refractivity contribution in [1.29, 1.82) is 0 Å². The van der Waals surface area contributed by atoms with Gasteiger partial charge >= 0.3 is 0 Å². The van der Waals surface area contributed by atoms with E-state index in [9.17, 15) is 0 Å². The Morgan fingerprint density at radius 2 is 1.92 bits per heavy atom. The van der Waals surface area contributed by atoms with Crippen molar-refractivity contribution in [1.82, 2.24) is 9.97 Å². The van der Waals surface area contributed by atoms with Gasteiger partial charge in [-0.25, -0.2) is 15.9 Å². The maximum Gasteiger partial charge on any atom is 0.137 e. The largest absolute Gasteiger partial charge is 0.304 e. The van der Waals surface area contributed by atoms with Crippen LogP contribution in [0.5, 0.6) is 0 Å². The second-order valence-corrected chi connectivity index (χ2v) is 2.77. The highest BCUT2D eigenvalue weighted by Gasteiger charge is 2.06. The van der Waals surface area contributed by atoms with Crippen LogP contribution in [0.2, 0.25) is 10.3 Å². The van der Waals surface area contributed by atoms with Gasteiger partial charge in [0.1, 0.15) is 16.6 Å². The molecule has 0 aliphatic rings. The Balaban J connectivity index is 2.81. The SMILES string of the molecule is NOCCc1c(Cl)ncnc1Cl. The van der Waals surface area contributed by atoms with E-state index in [1.54, 1.807) is 0 Å². The fraction of sp³-hybridized carbons (Fsp3) is 0.333. The molecule has 0 unspecified atom stereocenters. The van der Waals surface area contributed by atoms with Crippen molar-refractivity contribution in [3.63, 3.8) is 0 Å². The Bertz CT molecular complexity index is 249. The first kappa shape index (κ1) is 9.67. The standard InChI is InChI=1S/C6H7Cl2N3O/c7-5-4(1-2-12-9)6(8)11-3-10-5/h3H,1-2,9H2. The van der Waals surface area contributed by atoms with E-state index >= 15 is 0 Å². The number of hydrogen-bond acceptors (Lipinski definition) is 4. The van der Waals surface area contributed by atoms with Crippen LogP contribution < -0.4 is 5.90 Å². The van der Waals surface area contributed by atoms with E-state index in [1.807, 2.05) is 0 Å². The molecule has 0 aliphatic carbocycles. The number of nitrogens with zero attached hydrogens (tertiary/aromatic N) is 2. The van der Waals surface area contributed by atoms with Crippen LogP contribution in [0.1, 0.15) is 5.56 Å². The van der Waals surface area contributed by atoms with Gasteiger partial charge in [-0.1, -0.05) is 23.2 Å². The van der Waals surface area contributed by atoms with E-state index < -0.39 is 0 Å². The van der Waals surface area contributed by atoms with Crippen LogP contribution >= 0.6 is 23.2 Å². The quantitative estimate of drug-likeness (QED) is 0.599. The van der Waals surface area contributed by atoms with E-state index in [2.05, 4.69) is 14.8 Å². The van der Waals surface area contributed by atoms with Crippen molar-refractivity contribution in [3.05, 3.63) is 22.2 Å². The molecule has 4 nitrogen and oxygen atoms in total. The lowest BCUT2D eigenvalue weighted by atomic mass is 10.2. The maximum absolute atomic E-state index is 5.73. The fourth-order valence-electron chi connectivity index (χ4n) is 0.738. The molecule has 0 aliphatic heterocycles. The van der Waals surface area contributed by atoms with Crippen molar-refractivity contribution in [3.8, 4) is 0 Å². The Morgan fingerprint density at radius 1 is 1.33 bits per heavy atom. The number of aromatic nitrogens is 2. The van der Waals surface area contributed by atoms with E-state index in [1.165, 1.54) is 6.33 Å². The summed E-state index contributed by atoms with van der Waals surface area (Å²) in [6, 6.07) is 0. The van der Waals surface area contributed by atoms with Crippen LogP contribution in [0.15, 0.2) is 6.33 Å². The lowest BCUT2D eigenvalue weighted by Crippen LogP contribution is -2.05. The van der Waals surface area contributed by atoms with Gasteiger partial charge in [-0.15, -0.1) is 0 Å². The monoisotopic (exact) mass is 207 g/mol. The molecule has 66 valence electrons. The van der Waals surface area contributed by atoms with E-state index in [0.29, 0.717) is 28.9 Å². The highest BCUT2D eigenvalue weighted by Crippen LogP contribution is 2.19. The first-order chi connectivity index (χ1) is 5.75. The van der Waals surface area contributed by atoms with Gasteiger partial charge in [-0.3, -0.25) is 0 Å². The Morgan fingerprint density at radius 3 is 2.42 bits per heavy atom. The molecule has 0 bridgehead atoms. The van der Waals surface area contributed by atoms with Crippen molar-refractivity contribution >= 4 is 23.2 Å². The molecule has 6 heteroatoms. The van der Waals surface area contributed by atoms with E-state index in [-0.39, 0.29) is 0 Å². The summed E-state index contributed by atoms with van der Waals surface area (Å²) in [5, 5.41) is 0.680. The van der Waals surface area contributed by atoms with Crippen LogP contribution in [0.25, 0.3) is 0 Å². The van der Waals surface area contributed by atoms with Gasteiger partial charge in [-0.05, 0) is 0 Å². The average molecular weight is 208 g/mol. The molecule has 0 radical (unpaired) electrons. The summed E-state index contributed by atoms with van der Waals surface area (Å²) in [6.45, 7) is 0.340. The Labute approximate surface area is 79.6 Å². The van der Waals surface area contributed by atoms with Crippen LogP contribution in [-0.2, 0) is 11.3 Å². The molecule has 0 saturated carbocycles.